The van der Waals surface area contributed by atoms with Crippen molar-refractivity contribution in [2.45, 2.75) is 64.6 Å². The molecule has 2 saturated heterocycles. The Morgan fingerprint density at radius 3 is 2.60 bits per heavy atom. The van der Waals surface area contributed by atoms with Crippen LogP contribution < -0.4 is 15.1 Å². The molecular weight excluding hydrogens is 502 g/mol. The Morgan fingerprint density at radius 2 is 1.82 bits per heavy atom. The Kier molecular flexibility index (Phi) is 6.14. The Bertz CT molecular complexity index is 1460. The van der Waals surface area contributed by atoms with E-state index in [1.165, 1.54) is 62.0 Å². The summed E-state index contributed by atoms with van der Waals surface area (Å²) in [6, 6.07) is 13.2. The molecule has 4 aliphatic rings. The van der Waals surface area contributed by atoms with Crippen LogP contribution in [-0.2, 0) is 24.9 Å². The lowest BCUT2D eigenvalue weighted by atomic mass is 9.86. The lowest BCUT2D eigenvalue weighted by molar-refractivity contribution is -0.120. The minimum Gasteiger partial charge on any atom is -0.371 e. The number of hydrogen-bond donors (Lipinski definition) is 1. The van der Waals surface area contributed by atoms with E-state index in [4.69, 9.17) is 4.98 Å². The molecule has 5 heterocycles. The third kappa shape index (κ3) is 4.36. The minimum absolute atomic E-state index is 0.189. The number of hydrogen-bond acceptors (Lipinski definition) is 6. The van der Waals surface area contributed by atoms with Crippen molar-refractivity contribution >= 4 is 23.4 Å². The van der Waals surface area contributed by atoms with Gasteiger partial charge >= 0.3 is 6.03 Å². The fourth-order valence-electron chi connectivity index (χ4n) is 7.25. The Morgan fingerprint density at radius 1 is 1.02 bits per heavy atom. The van der Waals surface area contributed by atoms with E-state index in [2.05, 4.69) is 57.4 Å². The zero-order valence-electron chi connectivity index (χ0n) is 23.4. The Labute approximate surface area is 235 Å². The molecule has 0 radical (unpaired) electrons. The summed E-state index contributed by atoms with van der Waals surface area (Å²) in [6.07, 6.45) is 8.92. The Hall–Kier alpha value is -3.72. The van der Waals surface area contributed by atoms with Crippen molar-refractivity contribution in [2.24, 2.45) is 12.5 Å². The van der Waals surface area contributed by atoms with Gasteiger partial charge in [-0.1, -0.05) is 31.0 Å². The number of anilines is 2. The van der Waals surface area contributed by atoms with Crippen LogP contribution in [0.25, 0.3) is 11.5 Å². The molecule has 40 heavy (non-hydrogen) atoms. The highest BCUT2D eigenvalue weighted by Gasteiger charge is 2.40. The highest BCUT2D eigenvalue weighted by atomic mass is 16.2. The van der Waals surface area contributed by atoms with Gasteiger partial charge in [-0.3, -0.25) is 19.9 Å². The van der Waals surface area contributed by atoms with Crippen LogP contribution in [0.1, 0.15) is 68.3 Å². The zero-order chi connectivity index (χ0) is 27.4. The number of carbonyl (C=O) groups excluding carboxylic acids is 2. The largest absolute Gasteiger partial charge is 0.371 e. The first-order valence-electron chi connectivity index (χ1n) is 14.6. The maximum atomic E-state index is 12.4. The number of rotatable bonds is 5. The van der Waals surface area contributed by atoms with Crippen molar-refractivity contribution < 1.29 is 9.59 Å². The summed E-state index contributed by atoms with van der Waals surface area (Å²) < 4.78 is 1.87. The highest BCUT2D eigenvalue weighted by Crippen LogP contribution is 2.46. The summed E-state index contributed by atoms with van der Waals surface area (Å²) in [7, 11) is 1.88. The normalized spacial score (nSPS) is 22.4. The van der Waals surface area contributed by atoms with Crippen LogP contribution in [0.5, 0.6) is 0 Å². The quantitative estimate of drug-likeness (QED) is 0.503. The molecule has 0 bridgehead atoms. The number of aromatic nitrogens is 3. The molecule has 1 saturated carbocycles. The van der Waals surface area contributed by atoms with Gasteiger partial charge in [0, 0.05) is 51.9 Å². The molecule has 1 spiro atoms. The van der Waals surface area contributed by atoms with Crippen LogP contribution in [0.2, 0.25) is 0 Å². The van der Waals surface area contributed by atoms with Crippen LogP contribution in [0.3, 0.4) is 0 Å². The zero-order valence-corrected chi connectivity index (χ0v) is 23.4. The number of benzene rings is 1. The molecule has 1 aliphatic carbocycles. The summed E-state index contributed by atoms with van der Waals surface area (Å²) >= 11 is 0. The summed E-state index contributed by atoms with van der Waals surface area (Å²) in [6.45, 7) is 6.73. The molecule has 1 atom stereocenters. The second-order valence-electron chi connectivity index (χ2n) is 12.1. The molecule has 1 unspecified atom stereocenters. The molecule has 1 aromatic carbocycles. The molecule has 208 valence electrons. The van der Waals surface area contributed by atoms with Gasteiger partial charge in [0.05, 0.1) is 17.9 Å². The summed E-state index contributed by atoms with van der Waals surface area (Å²) in [4.78, 5) is 40.2. The lowest BCUT2D eigenvalue weighted by Gasteiger charge is -2.26. The van der Waals surface area contributed by atoms with Crippen molar-refractivity contribution in [3.05, 3.63) is 59.4 Å². The molecule has 2 aromatic heterocycles. The number of imidazole rings is 1. The van der Waals surface area contributed by atoms with E-state index in [0.29, 0.717) is 23.6 Å². The highest BCUT2D eigenvalue weighted by molar-refractivity contribution is 6.05. The smallest absolute Gasteiger partial charge is 0.329 e. The number of urea groups is 1. The van der Waals surface area contributed by atoms with E-state index in [0.717, 1.165) is 24.5 Å². The third-order valence-corrected chi connectivity index (χ3v) is 9.64. The van der Waals surface area contributed by atoms with Gasteiger partial charge in [-0.05, 0) is 60.9 Å². The van der Waals surface area contributed by atoms with Crippen molar-refractivity contribution in [1.82, 2.24) is 24.8 Å². The first-order valence-corrected chi connectivity index (χ1v) is 14.6. The van der Waals surface area contributed by atoms with Gasteiger partial charge in [0.15, 0.2) is 5.82 Å². The van der Waals surface area contributed by atoms with Crippen LogP contribution in [-0.4, -0.2) is 51.0 Å². The topological polar surface area (TPSA) is 86.6 Å². The maximum Gasteiger partial charge on any atom is 0.329 e. The SMILES string of the molecule is CC1c2nc(-c3ncc(N4CCC(=O)NC4=O)n3C)ccc2CN1Cc1ccc(N2CCC3(CCCC3)C2)cc1. The summed E-state index contributed by atoms with van der Waals surface area (Å²) in [5, 5.41) is 2.38. The van der Waals surface area contributed by atoms with E-state index in [1.54, 1.807) is 11.1 Å². The molecule has 9 nitrogen and oxygen atoms in total. The molecule has 7 rings (SSSR count). The molecular formula is C31H37N7O2. The van der Waals surface area contributed by atoms with Crippen LogP contribution >= 0.6 is 0 Å². The molecule has 3 aliphatic heterocycles. The second kappa shape index (κ2) is 9.73. The molecule has 3 fully saturated rings. The fraction of sp³-hybridized carbons (Fsp3) is 0.484. The number of nitrogens with zero attached hydrogens (tertiary/aromatic N) is 6. The third-order valence-electron chi connectivity index (χ3n) is 9.64. The van der Waals surface area contributed by atoms with Gasteiger partial charge in [-0.15, -0.1) is 0 Å². The number of carbonyl (C=O) groups is 2. The van der Waals surface area contributed by atoms with Crippen LogP contribution in [0, 0.1) is 5.41 Å². The molecule has 1 N–H and O–H groups in total. The average molecular weight is 540 g/mol. The number of imide groups is 1. The van der Waals surface area contributed by atoms with Gasteiger partial charge in [0.25, 0.3) is 0 Å². The first-order chi connectivity index (χ1) is 19.4. The molecule has 3 aromatic rings. The summed E-state index contributed by atoms with van der Waals surface area (Å²) in [5.74, 6) is 1.10. The van der Waals surface area contributed by atoms with Crippen molar-refractivity contribution in [3.8, 4) is 11.5 Å². The van der Waals surface area contributed by atoms with E-state index < -0.39 is 6.03 Å². The summed E-state index contributed by atoms with van der Waals surface area (Å²) in [5.41, 5.74) is 6.38. The predicted molar refractivity (Wildman–Crippen MR) is 154 cm³/mol. The minimum atomic E-state index is -0.414. The Balaban J connectivity index is 1.04. The number of fused-ring (bicyclic) bond motifs is 1. The van der Waals surface area contributed by atoms with Gasteiger partial charge in [0.2, 0.25) is 5.91 Å². The van der Waals surface area contributed by atoms with E-state index in [-0.39, 0.29) is 18.4 Å². The van der Waals surface area contributed by atoms with Crippen molar-refractivity contribution in [3.63, 3.8) is 0 Å². The van der Waals surface area contributed by atoms with Gasteiger partial charge < -0.3 is 9.47 Å². The van der Waals surface area contributed by atoms with Crippen LogP contribution in [0.15, 0.2) is 42.6 Å². The predicted octanol–water partition coefficient (Wildman–Crippen LogP) is 4.78. The average Bonchev–Trinajstić information content (AvgIpc) is 3.74. The fourth-order valence-corrected chi connectivity index (χ4v) is 7.25. The molecule has 3 amide bonds. The van der Waals surface area contributed by atoms with Crippen molar-refractivity contribution in [1.29, 1.82) is 0 Å². The number of nitrogens with one attached hydrogen (secondary N) is 1. The van der Waals surface area contributed by atoms with Crippen LogP contribution in [0.4, 0.5) is 16.3 Å². The van der Waals surface area contributed by atoms with Gasteiger partial charge in [-0.2, -0.15) is 0 Å². The van der Waals surface area contributed by atoms with Gasteiger partial charge in [-0.25, -0.2) is 14.8 Å². The van der Waals surface area contributed by atoms with Crippen molar-refractivity contribution in [2.75, 3.05) is 29.4 Å². The first kappa shape index (κ1) is 25.3. The number of amides is 3. The van der Waals surface area contributed by atoms with E-state index in [9.17, 15) is 9.59 Å². The molecule has 9 heteroatoms. The number of pyridine rings is 1. The lowest BCUT2D eigenvalue weighted by Crippen LogP contribution is -2.50. The van der Waals surface area contributed by atoms with E-state index >= 15 is 0 Å². The van der Waals surface area contributed by atoms with Gasteiger partial charge in [0.1, 0.15) is 11.5 Å². The van der Waals surface area contributed by atoms with E-state index in [1.807, 2.05) is 17.7 Å². The standard InChI is InChI=1S/C31H37N7O2/c1-21-28-23(7-10-25(33-28)29-32-17-27(35(29)2)38-15-11-26(39)34-30(38)40)19-37(21)18-22-5-8-24(9-6-22)36-16-14-31(20-36)12-3-4-13-31/h5-10,17,21H,3-4,11-16,18-20H2,1-2H3,(H,34,39,40). The maximum absolute atomic E-state index is 12.4. The second-order valence-corrected chi connectivity index (χ2v) is 12.1. The monoisotopic (exact) mass is 539 g/mol.